The Balaban J connectivity index is 3.33. The summed E-state index contributed by atoms with van der Waals surface area (Å²) in [6, 6.07) is 3.08. The molecule has 0 aromatic heterocycles. The van der Waals surface area contributed by atoms with Crippen LogP contribution in [0.1, 0.15) is 22.8 Å². The minimum Gasteiger partial charge on any atom is -0.478 e. The van der Waals surface area contributed by atoms with Crippen LogP contribution in [-0.2, 0) is 4.79 Å². The van der Waals surface area contributed by atoms with Crippen LogP contribution in [0, 0.1) is 6.92 Å². The Kier molecular flexibility index (Phi) is 3.47. The molecule has 0 aliphatic rings. The number of hydrogen-bond donors (Lipinski definition) is 1. The van der Waals surface area contributed by atoms with Gasteiger partial charge in [0, 0.05) is 11.4 Å². The van der Waals surface area contributed by atoms with Gasteiger partial charge < -0.3 is 9.84 Å². The lowest BCUT2D eigenvalue weighted by Gasteiger charge is -2.09. The fourth-order valence-corrected chi connectivity index (χ4v) is 1.74. The van der Waals surface area contributed by atoms with Crippen LogP contribution in [0.5, 0.6) is 5.75 Å². The molecule has 0 radical (unpaired) electrons. The highest BCUT2D eigenvalue weighted by molar-refractivity contribution is 9.10. The van der Waals surface area contributed by atoms with Crippen LogP contribution in [0.15, 0.2) is 16.6 Å². The molecule has 0 saturated heterocycles. The Hall–Kier alpha value is -1.36. The van der Waals surface area contributed by atoms with Gasteiger partial charge in [-0.15, -0.1) is 0 Å². The summed E-state index contributed by atoms with van der Waals surface area (Å²) < 4.78 is 5.48. The number of hydrogen-bond acceptors (Lipinski definition) is 3. The highest BCUT2D eigenvalue weighted by Gasteiger charge is 2.16. The number of carboxylic acids is 1. The SMILES string of the molecule is CC(=O)Oc1c(C)cc(Br)cc1C(=O)O. The molecule has 1 rings (SSSR count). The topological polar surface area (TPSA) is 63.6 Å². The van der Waals surface area contributed by atoms with Gasteiger partial charge in [0.1, 0.15) is 11.3 Å². The fraction of sp³-hybridized carbons (Fsp3) is 0.200. The predicted molar refractivity (Wildman–Crippen MR) is 57.1 cm³/mol. The number of esters is 1. The lowest BCUT2D eigenvalue weighted by atomic mass is 10.1. The number of aromatic carboxylic acids is 1. The van der Waals surface area contributed by atoms with E-state index in [-0.39, 0.29) is 11.3 Å². The summed E-state index contributed by atoms with van der Waals surface area (Å²) in [4.78, 5) is 21.7. The Labute approximate surface area is 95.0 Å². The van der Waals surface area contributed by atoms with Gasteiger partial charge in [-0.2, -0.15) is 0 Å². The van der Waals surface area contributed by atoms with Crippen molar-refractivity contribution in [1.82, 2.24) is 0 Å². The zero-order valence-electron chi connectivity index (χ0n) is 8.20. The molecule has 15 heavy (non-hydrogen) atoms. The molecule has 4 nitrogen and oxygen atoms in total. The van der Waals surface area contributed by atoms with Crippen LogP contribution < -0.4 is 4.74 Å². The number of carboxylic acid groups (broad SMARTS) is 1. The maximum absolute atomic E-state index is 10.9. The van der Waals surface area contributed by atoms with Crippen molar-refractivity contribution >= 4 is 27.9 Å². The first kappa shape index (κ1) is 11.7. The molecule has 0 aliphatic carbocycles. The molecule has 0 fully saturated rings. The minimum absolute atomic E-state index is 0.0305. The van der Waals surface area contributed by atoms with Gasteiger partial charge in [0.2, 0.25) is 0 Å². The Morgan fingerprint density at radius 1 is 1.40 bits per heavy atom. The maximum atomic E-state index is 10.9. The summed E-state index contributed by atoms with van der Waals surface area (Å²) >= 11 is 3.18. The third kappa shape index (κ3) is 2.79. The van der Waals surface area contributed by atoms with Crippen molar-refractivity contribution in [2.24, 2.45) is 0 Å². The number of ether oxygens (including phenoxy) is 1. The third-order valence-electron chi connectivity index (χ3n) is 1.72. The second-order valence-electron chi connectivity index (χ2n) is 3.00. The quantitative estimate of drug-likeness (QED) is 0.663. The molecular weight excluding hydrogens is 264 g/mol. The van der Waals surface area contributed by atoms with E-state index < -0.39 is 11.9 Å². The predicted octanol–water partition coefficient (Wildman–Crippen LogP) is 2.38. The second-order valence-corrected chi connectivity index (χ2v) is 3.91. The van der Waals surface area contributed by atoms with Crippen molar-refractivity contribution in [3.05, 3.63) is 27.7 Å². The van der Waals surface area contributed by atoms with E-state index in [1.54, 1.807) is 13.0 Å². The van der Waals surface area contributed by atoms with Gasteiger partial charge in [-0.3, -0.25) is 4.79 Å². The molecule has 0 unspecified atom stereocenters. The number of aryl methyl sites for hydroxylation is 1. The standard InChI is InChI=1S/C10H9BrO4/c1-5-3-7(11)4-8(10(13)14)9(5)15-6(2)12/h3-4H,1-2H3,(H,13,14). The van der Waals surface area contributed by atoms with Crippen LogP contribution in [0.25, 0.3) is 0 Å². The Morgan fingerprint density at radius 3 is 2.47 bits per heavy atom. The first-order valence-corrected chi connectivity index (χ1v) is 4.93. The molecule has 5 heteroatoms. The number of benzene rings is 1. The molecule has 0 atom stereocenters. The van der Waals surface area contributed by atoms with Crippen molar-refractivity contribution in [3.63, 3.8) is 0 Å². The number of rotatable bonds is 2. The Bertz CT molecular complexity index is 426. The molecule has 1 aromatic rings. The zero-order chi connectivity index (χ0) is 11.6. The van der Waals surface area contributed by atoms with Gasteiger partial charge in [0.05, 0.1) is 0 Å². The van der Waals surface area contributed by atoms with Gasteiger partial charge in [-0.05, 0) is 24.6 Å². The highest BCUT2D eigenvalue weighted by Crippen LogP contribution is 2.28. The average molecular weight is 273 g/mol. The molecule has 0 saturated carbocycles. The smallest absolute Gasteiger partial charge is 0.339 e. The molecule has 1 aromatic carbocycles. The van der Waals surface area contributed by atoms with E-state index in [1.807, 2.05) is 0 Å². The van der Waals surface area contributed by atoms with Crippen molar-refractivity contribution in [3.8, 4) is 5.75 Å². The number of halogens is 1. The van der Waals surface area contributed by atoms with Crippen molar-refractivity contribution in [2.75, 3.05) is 0 Å². The van der Waals surface area contributed by atoms with Crippen LogP contribution in [-0.4, -0.2) is 17.0 Å². The largest absolute Gasteiger partial charge is 0.478 e. The third-order valence-corrected chi connectivity index (χ3v) is 2.17. The Morgan fingerprint density at radius 2 is 2.00 bits per heavy atom. The molecular formula is C10H9BrO4. The lowest BCUT2D eigenvalue weighted by molar-refractivity contribution is -0.131. The molecule has 0 heterocycles. The van der Waals surface area contributed by atoms with E-state index in [2.05, 4.69) is 15.9 Å². The summed E-state index contributed by atoms with van der Waals surface area (Å²) in [5, 5.41) is 8.92. The van der Waals surface area contributed by atoms with E-state index in [0.717, 1.165) is 0 Å². The van der Waals surface area contributed by atoms with Gasteiger partial charge in [-0.1, -0.05) is 15.9 Å². The molecule has 1 N–H and O–H groups in total. The fourth-order valence-electron chi connectivity index (χ4n) is 1.17. The van der Waals surface area contributed by atoms with Crippen LogP contribution in [0.3, 0.4) is 0 Å². The van der Waals surface area contributed by atoms with Gasteiger partial charge in [-0.25, -0.2) is 4.79 Å². The first-order chi connectivity index (χ1) is 6.91. The minimum atomic E-state index is -1.13. The van der Waals surface area contributed by atoms with Crippen molar-refractivity contribution in [1.29, 1.82) is 0 Å². The maximum Gasteiger partial charge on any atom is 0.339 e. The van der Waals surface area contributed by atoms with Gasteiger partial charge in [0.15, 0.2) is 0 Å². The van der Waals surface area contributed by atoms with E-state index in [9.17, 15) is 9.59 Å². The van der Waals surface area contributed by atoms with Crippen LogP contribution >= 0.6 is 15.9 Å². The van der Waals surface area contributed by atoms with Crippen LogP contribution in [0.2, 0.25) is 0 Å². The summed E-state index contributed by atoms with van der Waals surface area (Å²) in [5.74, 6) is -1.57. The summed E-state index contributed by atoms with van der Waals surface area (Å²) in [6.07, 6.45) is 0. The lowest BCUT2D eigenvalue weighted by Crippen LogP contribution is -2.08. The zero-order valence-corrected chi connectivity index (χ0v) is 9.79. The summed E-state index contributed by atoms with van der Waals surface area (Å²) in [5.41, 5.74) is 0.564. The molecule has 0 spiro atoms. The van der Waals surface area contributed by atoms with E-state index in [4.69, 9.17) is 9.84 Å². The monoisotopic (exact) mass is 272 g/mol. The summed E-state index contributed by atoms with van der Waals surface area (Å²) in [7, 11) is 0. The molecule has 80 valence electrons. The van der Waals surface area contributed by atoms with Gasteiger partial charge >= 0.3 is 11.9 Å². The van der Waals surface area contributed by atoms with Crippen molar-refractivity contribution < 1.29 is 19.4 Å². The number of carbonyl (C=O) groups excluding carboxylic acids is 1. The van der Waals surface area contributed by atoms with E-state index >= 15 is 0 Å². The normalized spacial score (nSPS) is 9.80. The molecule has 0 aliphatic heterocycles. The second kappa shape index (κ2) is 4.44. The average Bonchev–Trinajstić information content (AvgIpc) is 2.08. The molecule has 0 bridgehead atoms. The summed E-state index contributed by atoms with van der Waals surface area (Å²) in [6.45, 7) is 2.91. The molecule has 0 amide bonds. The van der Waals surface area contributed by atoms with Crippen LogP contribution in [0.4, 0.5) is 0 Å². The van der Waals surface area contributed by atoms with E-state index in [0.29, 0.717) is 10.0 Å². The van der Waals surface area contributed by atoms with Crippen molar-refractivity contribution in [2.45, 2.75) is 13.8 Å². The highest BCUT2D eigenvalue weighted by atomic mass is 79.9. The first-order valence-electron chi connectivity index (χ1n) is 4.13. The number of carbonyl (C=O) groups is 2. The van der Waals surface area contributed by atoms with Gasteiger partial charge in [0.25, 0.3) is 0 Å². The van der Waals surface area contributed by atoms with E-state index in [1.165, 1.54) is 13.0 Å².